The van der Waals surface area contributed by atoms with Gasteiger partial charge in [0.1, 0.15) is 0 Å². The van der Waals surface area contributed by atoms with Crippen molar-refractivity contribution in [2.75, 3.05) is 0 Å². The highest BCUT2D eigenvalue weighted by Gasteiger charge is 2.42. The van der Waals surface area contributed by atoms with E-state index in [9.17, 15) is 9.59 Å². The van der Waals surface area contributed by atoms with Crippen LogP contribution in [0.25, 0.3) is 0 Å². The summed E-state index contributed by atoms with van der Waals surface area (Å²) in [6, 6.07) is 0.108. The van der Waals surface area contributed by atoms with Gasteiger partial charge < -0.3 is 15.7 Å². The molecule has 6 unspecified atom stereocenters. The molecular weight excluding hydrogens is 268 g/mol. The number of carboxylic acids is 1. The van der Waals surface area contributed by atoms with Crippen LogP contribution in [0, 0.1) is 23.7 Å². The van der Waals surface area contributed by atoms with Gasteiger partial charge in [0, 0.05) is 12.1 Å². The number of fused-ring (bicyclic) bond motifs is 2. The molecule has 0 saturated heterocycles. The maximum absolute atomic E-state index is 12.1. The summed E-state index contributed by atoms with van der Waals surface area (Å²) in [4.78, 5) is 23.0. The van der Waals surface area contributed by atoms with Crippen LogP contribution in [0.1, 0.15) is 51.9 Å². The van der Waals surface area contributed by atoms with Gasteiger partial charge in [0.2, 0.25) is 0 Å². The summed E-state index contributed by atoms with van der Waals surface area (Å²) in [6.07, 6.45) is 7.31. The molecule has 3 fully saturated rings. The van der Waals surface area contributed by atoms with Crippen LogP contribution >= 0.6 is 0 Å². The molecule has 5 heteroatoms. The highest BCUT2D eigenvalue weighted by atomic mass is 16.4. The Kier molecular flexibility index (Phi) is 4.09. The number of rotatable bonds is 4. The zero-order valence-electron chi connectivity index (χ0n) is 12.7. The maximum atomic E-state index is 12.1. The molecule has 6 atom stereocenters. The van der Waals surface area contributed by atoms with Gasteiger partial charge in [-0.15, -0.1) is 0 Å². The van der Waals surface area contributed by atoms with E-state index in [1.54, 1.807) is 0 Å². The first-order chi connectivity index (χ1) is 10.0. The summed E-state index contributed by atoms with van der Waals surface area (Å²) in [5, 5.41) is 15.0. The van der Waals surface area contributed by atoms with Crippen molar-refractivity contribution >= 4 is 12.0 Å². The number of carbonyl (C=O) groups excluding carboxylic acids is 1. The van der Waals surface area contributed by atoms with E-state index in [0.717, 1.165) is 18.3 Å². The first-order valence-electron chi connectivity index (χ1n) is 8.32. The molecule has 0 aromatic heterocycles. The van der Waals surface area contributed by atoms with Gasteiger partial charge in [-0.2, -0.15) is 0 Å². The Morgan fingerprint density at radius 2 is 1.90 bits per heavy atom. The SMILES string of the molecule is CC(NC(=O)NC1CCC(C(=O)O)C1)C1CC2CCC1C2. The highest BCUT2D eigenvalue weighted by molar-refractivity contribution is 5.75. The minimum Gasteiger partial charge on any atom is -0.481 e. The average molecular weight is 294 g/mol. The Morgan fingerprint density at radius 1 is 1.10 bits per heavy atom. The smallest absolute Gasteiger partial charge is 0.315 e. The third-order valence-electron chi connectivity index (χ3n) is 5.91. The summed E-state index contributed by atoms with van der Waals surface area (Å²) in [6.45, 7) is 2.11. The lowest BCUT2D eigenvalue weighted by molar-refractivity contribution is -0.141. The normalized spacial score (nSPS) is 39.2. The van der Waals surface area contributed by atoms with Crippen molar-refractivity contribution in [1.29, 1.82) is 0 Å². The van der Waals surface area contributed by atoms with Crippen LogP contribution in [-0.4, -0.2) is 29.2 Å². The van der Waals surface area contributed by atoms with Crippen molar-refractivity contribution in [3.63, 3.8) is 0 Å². The molecule has 21 heavy (non-hydrogen) atoms. The number of carbonyl (C=O) groups is 2. The van der Waals surface area contributed by atoms with Crippen LogP contribution in [0.2, 0.25) is 0 Å². The Balaban J connectivity index is 1.43. The minimum absolute atomic E-state index is 0.0123. The molecule has 3 aliphatic carbocycles. The topological polar surface area (TPSA) is 78.4 Å². The number of aliphatic carboxylic acids is 1. The molecule has 0 spiro atoms. The standard InChI is InChI=1S/C16H26N2O3/c1-9(14-7-10-2-3-11(14)6-10)17-16(21)18-13-5-4-12(8-13)15(19)20/h9-14H,2-8H2,1H3,(H,19,20)(H2,17,18,21). The lowest BCUT2D eigenvalue weighted by Gasteiger charge is -2.29. The number of hydrogen-bond acceptors (Lipinski definition) is 2. The van der Waals surface area contributed by atoms with Gasteiger partial charge >= 0.3 is 12.0 Å². The fraction of sp³-hybridized carbons (Fsp3) is 0.875. The van der Waals surface area contributed by atoms with Gasteiger partial charge in [-0.25, -0.2) is 4.79 Å². The molecule has 0 aromatic rings. The fourth-order valence-electron chi connectivity index (χ4n) is 4.78. The second kappa shape index (κ2) is 5.85. The van der Waals surface area contributed by atoms with E-state index < -0.39 is 5.97 Å². The van der Waals surface area contributed by atoms with Crippen molar-refractivity contribution in [3.05, 3.63) is 0 Å². The number of amides is 2. The van der Waals surface area contributed by atoms with Crippen LogP contribution < -0.4 is 10.6 Å². The third kappa shape index (κ3) is 3.16. The number of urea groups is 1. The monoisotopic (exact) mass is 294 g/mol. The van der Waals surface area contributed by atoms with Crippen molar-refractivity contribution in [1.82, 2.24) is 10.6 Å². The van der Waals surface area contributed by atoms with Gasteiger partial charge in [-0.05, 0) is 63.2 Å². The molecule has 3 aliphatic rings. The van der Waals surface area contributed by atoms with E-state index in [4.69, 9.17) is 5.11 Å². The second-order valence-corrected chi connectivity index (χ2v) is 7.29. The maximum Gasteiger partial charge on any atom is 0.315 e. The molecule has 0 aromatic carbocycles. The van der Waals surface area contributed by atoms with Gasteiger partial charge in [0.05, 0.1) is 5.92 Å². The number of carboxylic acid groups (broad SMARTS) is 1. The molecule has 5 nitrogen and oxygen atoms in total. The van der Waals surface area contributed by atoms with Crippen LogP contribution in [0.4, 0.5) is 4.79 Å². The lowest BCUT2D eigenvalue weighted by Crippen LogP contribution is -2.47. The van der Waals surface area contributed by atoms with Crippen molar-refractivity contribution in [2.24, 2.45) is 23.7 Å². The summed E-state index contributed by atoms with van der Waals surface area (Å²) in [7, 11) is 0. The largest absolute Gasteiger partial charge is 0.481 e. The molecule has 3 saturated carbocycles. The van der Waals surface area contributed by atoms with Gasteiger partial charge in [-0.1, -0.05) is 6.42 Å². The molecule has 2 amide bonds. The summed E-state index contributed by atoms with van der Waals surface area (Å²) >= 11 is 0. The zero-order valence-corrected chi connectivity index (χ0v) is 12.7. The Hall–Kier alpha value is -1.26. The fourth-order valence-corrected chi connectivity index (χ4v) is 4.78. The molecule has 3 N–H and O–H groups in total. The number of nitrogens with one attached hydrogen (secondary N) is 2. The lowest BCUT2D eigenvalue weighted by atomic mass is 9.84. The predicted octanol–water partition coefficient (Wildman–Crippen LogP) is 2.36. The third-order valence-corrected chi connectivity index (χ3v) is 5.91. The predicted molar refractivity (Wildman–Crippen MR) is 78.8 cm³/mol. The molecule has 3 rings (SSSR count). The molecule has 2 bridgehead atoms. The Bertz CT molecular complexity index is 426. The molecule has 0 aliphatic heterocycles. The molecular formula is C16H26N2O3. The summed E-state index contributed by atoms with van der Waals surface area (Å²) < 4.78 is 0. The van der Waals surface area contributed by atoms with E-state index >= 15 is 0 Å². The van der Waals surface area contributed by atoms with Crippen LogP contribution in [0.3, 0.4) is 0 Å². The zero-order chi connectivity index (χ0) is 15.0. The summed E-state index contributed by atoms with van der Waals surface area (Å²) in [5.41, 5.74) is 0. The van der Waals surface area contributed by atoms with E-state index in [1.165, 1.54) is 25.7 Å². The van der Waals surface area contributed by atoms with Gasteiger partial charge in [-0.3, -0.25) is 4.79 Å². The summed E-state index contributed by atoms with van der Waals surface area (Å²) in [5.74, 6) is 1.28. The van der Waals surface area contributed by atoms with Crippen LogP contribution in [-0.2, 0) is 4.79 Å². The van der Waals surface area contributed by atoms with E-state index in [-0.39, 0.29) is 24.0 Å². The van der Waals surface area contributed by atoms with Crippen LogP contribution in [0.5, 0.6) is 0 Å². The van der Waals surface area contributed by atoms with Crippen molar-refractivity contribution < 1.29 is 14.7 Å². The number of hydrogen-bond donors (Lipinski definition) is 3. The van der Waals surface area contributed by atoms with E-state index in [2.05, 4.69) is 17.6 Å². The Morgan fingerprint density at radius 3 is 2.48 bits per heavy atom. The van der Waals surface area contributed by atoms with Gasteiger partial charge in [0.25, 0.3) is 0 Å². The van der Waals surface area contributed by atoms with Crippen molar-refractivity contribution in [3.8, 4) is 0 Å². The molecule has 118 valence electrons. The molecule has 0 radical (unpaired) electrons. The van der Waals surface area contributed by atoms with E-state index in [0.29, 0.717) is 18.8 Å². The average Bonchev–Trinajstić information content (AvgIpc) is 3.13. The van der Waals surface area contributed by atoms with Crippen molar-refractivity contribution in [2.45, 2.75) is 64.0 Å². The second-order valence-electron chi connectivity index (χ2n) is 7.29. The minimum atomic E-state index is -0.741. The van der Waals surface area contributed by atoms with E-state index in [1.807, 2.05) is 0 Å². The highest BCUT2D eigenvalue weighted by Crippen LogP contribution is 2.49. The molecule has 0 heterocycles. The van der Waals surface area contributed by atoms with Gasteiger partial charge in [0.15, 0.2) is 0 Å². The first-order valence-corrected chi connectivity index (χ1v) is 8.32. The quantitative estimate of drug-likeness (QED) is 0.745. The first kappa shape index (κ1) is 14.7. The van der Waals surface area contributed by atoms with Crippen LogP contribution in [0.15, 0.2) is 0 Å². The Labute approximate surface area is 125 Å².